The van der Waals surface area contributed by atoms with Crippen molar-refractivity contribution in [2.24, 2.45) is 0 Å². The van der Waals surface area contributed by atoms with E-state index in [1.807, 2.05) is 6.92 Å². The van der Waals surface area contributed by atoms with E-state index in [2.05, 4.69) is 0 Å². The first-order valence-electron chi connectivity index (χ1n) is 4.84. The van der Waals surface area contributed by atoms with E-state index in [0.29, 0.717) is 6.42 Å². The zero-order valence-electron chi connectivity index (χ0n) is 8.18. The number of hydrogen-bond donors (Lipinski definition) is 1. The smallest absolute Gasteiger partial charge is 0.129 e. The summed E-state index contributed by atoms with van der Waals surface area (Å²) in [5.74, 6) is 0.255. The molecular weight excluding hydrogens is 152 g/mol. The van der Waals surface area contributed by atoms with Gasteiger partial charge in [-0.15, -0.1) is 0 Å². The third-order valence-corrected chi connectivity index (χ3v) is 2.07. The average Bonchev–Trinajstić information content (AvgIpc) is 2.07. The number of Topliss-reactive ketones (excluding diaryl/α,β-unsaturated/α-hetero) is 1. The number of ketones is 1. The van der Waals surface area contributed by atoms with Crippen molar-refractivity contribution in [2.45, 2.75) is 58.5 Å². The molecule has 0 unspecified atom stereocenters. The van der Waals surface area contributed by atoms with Gasteiger partial charge in [-0.25, -0.2) is 0 Å². The van der Waals surface area contributed by atoms with Crippen LogP contribution < -0.4 is 0 Å². The molecule has 0 radical (unpaired) electrons. The number of carbonyl (C=O) groups is 1. The van der Waals surface area contributed by atoms with Gasteiger partial charge in [-0.1, -0.05) is 26.2 Å². The second-order valence-electron chi connectivity index (χ2n) is 3.35. The van der Waals surface area contributed by atoms with Gasteiger partial charge >= 0.3 is 0 Å². The van der Waals surface area contributed by atoms with Crippen LogP contribution in [0.1, 0.15) is 52.4 Å². The molecule has 0 atom stereocenters. The van der Waals surface area contributed by atoms with Crippen molar-refractivity contribution in [2.75, 3.05) is 0 Å². The molecule has 0 amide bonds. The maximum Gasteiger partial charge on any atom is 0.129 e. The van der Waals surface area contributed by atoms with E-state index in [1.165, 1.54) is 19.3 Å². The van der Waals surface area contributed by atoms with Gasteiger partial charge in [0.25, 0.3) is 0 Å². The van der Waals surface area contributed by atoms with Crippen LogP contribution in [0.25, 0.3) is 0 Å². The number of carbonyl (C=O) groups excluding carboxylic acids is 1. The molecule has 2 heteroatoms. The number of aliphatic hydroxyl groups is 1. The molecule has 0 aromatic heterocycles. The number of rotatable bonds is 1. The molecule has 1 saturated carbocycles. The maximum absolute atomic E-state index is 9.81. The summed E-state index contributed by atoms with van der Waals surface area (Å²) in [6.07, 6.45) is 6.59. The van der Waals surface area contributed by atoms with Gasteiger partial charge in [0.05, 0.1) is 6.10 Å². The summed E-state index contributed by atoms with van der Waals surface area (Å²) in [5, 5.41) is 8.91. The van der Waals surface area contributed by atoms with Crippen molar-refractivity contribution in [1.29, 1.82) is 0 Å². The highest BCUT2D eigenvalue weighted by atomic mass is 16.3. The van der Waals surface area contributed by atoms with Gasteiger partial charge in [0.15, 0.2) is 0 Å². The highest BCUT2D eigenvalue weighted by Gasteiger charge is 2.07. The SMILES string of the molecule is CCC(C)=O.OC1CCCCC1. The Balaban J connectivity index is 0.000000217. The van der Waals surface area contributed by atoms with E-state index in [-0.39, 0.29) is 11.9 Å². The predicted octanol–water partition coefficient (Wildman–Crippen LogP) is 2.30. The molecule has 0 saturated heterocycles. The third-order valence-electron chi connectivity index (χ3n) is 2.07. The Morgan fingerprint density at radius 3 is 1.92 bits per heavy atom. The Kier molecular flexibility index (Phi) is 7.06. The van der Waals surface area contributed by atoms with E-state index in [9.17, 15) is 4.79 Å². The molecule has 12 heavy (non-hydrogen) atoms. The molecule has 0 aliphatic heterocycles. The van der Waals surface area contributed by atoms with Gasteiger partial charge in [0.2, 0.25) is 0 Å². The molecule has 1 aliphatic rings. The molecule has 2 nitrogen and oxygen atoms in total. The number of hydrogen-bond acceptors (Lipinski definition) is 2. The van der Waals surface area contributed by atoms with Gasteiger partial charge in [-0.3, -0.25) is 0 Å². The number of aliphatic hydroxyl groups excluding tert-OH is 1. The summed E-state index contributed by atoms with van der Waals surface area (Å²) in [6.45, 7) is 3.43. The molecule has 0 bridgehead atoms. The standard InChI is InChI=1S/C6H12O.C4H8O/c7-6-4-2-1-3-5-6;1-3-4(2)5/h6-7H,1-5H2;3H2,1-2H3. The largest absolute Gasteiger partial charge is 0.393 e. The normalized spacial score (nSPS) is 17.9. The van der Waals surface area contributed by atoms with Crippen LogP contribution in [0, 0.1) is 0 Å². The van der Waals surface area contributed by atoms with E-state index >= 15 is 0 Å². The van der Waals surface area contributed by atoms with Crippen LogP contribution in [0.5, 0.6) is 0 Å². The molecule has 0 spiro atoms. The monoisotopic (exact) mass is 172 g/mol. The summed E-state index contributed by atoms with van der Waals surface area (Å²) in [6, 6.07) is 0. The molecule has 0 aromatic rings. The first kappa shape index (κ1) is 11.6. The van der Waals surface area contributed by atoms with E-state index in [4.69, 9.17) is 5.11 Å². The fourth-order valence-electron chi connectivity index (χ4n) is 1.08. The lowest BCUT2D eigenvalue weighted by atomic mass is 9.98. The minimum absolute atomic E-state index is 0.0359. The lowest BCUT2D eigenvalue weighted by molar-refractivity contribution is -0.116. The van der Waals surface area contributed by atoms with Crippen LogP contribution in [-0.2, 0) is 4.79 Å². The van der Waals surface area contributed by atoms with E-state index in [1.54, 1.807) is 6.92 Å². The Labute approximate surface area is 75.0 Å². The van der Waals surface area contributed by atoms with Crippen LogP contribution in [0.4, 0.5) is 0 Å². The van der Waals surface area contributed by atoms with Gasteiger partial charge < -0.3 is 9.90 Å². The third kappa shape index (κ3) is 7.73. The summed E-state index contributed by atoms with van der Waals surface area (Å²) < 4.78 is 0. The second kappa shape index (κ2) is 7.29. The van der Waals surface area contributed by atoms with Gasteiger partial charge in [-0.2, -0.15) is 0 Å². The summed E-state index contributed by atoms with van der Waals surface area (Å²) in [7, 11) is 0. The Morgan fingerprint density at radius 2 is 1.75 bits per heavy atom. The average molecular weight is 172 g/mol. The van der Waals surface area contributed by atoms with Crippen molar-refractivity contribution in [1.82, 2.24) is 0 Å². The zero-order chi connectivity index (χ0) is 9.40. The molecule has 1 N–H and O–H groups in total. The quantitative estimate of drug-likeness (QED) is 0.659. The molecule has 1 aliphatic carbocycles. The summed E-state index contributed by atoms with van der Waals surface area (Å²) in [4.78, 5) is 9.81. The molecule has 0 heterocycles. The van der Waals surface area contributed by atoms with Crippen molar-refractivity contribution >= 4 is 5.78 Å². The van der Waals surface area contributed by atoms with Crippen LogP contribution in [0.3, 0.4) is 0 Å². The lowest BCUT2D eigenvalue weighted by Crippen LogP contribution is -2.09. The van der Waals surface area contributed by atoms with Crippen molar-refractivity contribution in [3.05, 3.63) is 0 Å². The maximum atomic E-state index is 9.81. The first-order valence-corrected chi connectivity index (χ1v) is 4.84. The fourth-order valence-corrected chi connectivity index (χ4v) is 1.08. The Bertz CT molecular complexity index is 115. The van der Waals surface area contributed by atoms with Crippen molar-refractivity contribution < 1.29 is 9.90 Å². The minimum Gasteiger partial charge on any atom is -0.393 e. The van der Waals surface area contributed by atoms with Crippen molar-refractivity contribution in [3.8, 4) is 0 Å². The van der Waals surface area contributed by atoms with Crippen LogP contribution in [0.15, 0.2) is 0 Å². The molecule has 1 fully saturated rings. The Morgan fingerprint density at radius 1 is 1.33 bits per heavy atom. The highest BCUT2D eigenvalue weighted by molar-refractivity contribution is 5.74. The lowest BCUT2D eigenvalue weighted by Gasteiger charge is -2.14. The highest BCUT2D eigenvalue weighted by Crippen LogP contribution is 2.16. The zero-order valence-corrected chi connectivity index (χ0v) is 8.18. The molecule has 1 rings (SSSR count). The summed E-state index contributed by atoms with van der Waals surface area (Å²) >= 11 is 0. The van der Waals surface area contributed by atoms with Crippen molar-refractivity contribution in [3.63, 3.8) is 0 Å². The van der Waals surface area contributed by atoms with E-state index in [0.717, 1.165) is 12.8 Å². The van der Waals surface area contributed by atoms with Gasteiger partial charge in [0.1, 0.15) is 5.78 Å². The molecule has 72 valence electrons. The topological polar surface area (TPSA) is 37.3 Å². The van der Waals surface area contributed by atoms with Crippen LogP contribution in [0.2, 0.25) is 0 Å². The van der Waals surface area contributed by atoms with Gasteiger partial charge in [-0.05, 0) is 19.8 Å². The second-order valence-corrected chi connectivity index (χ2v) is 3.35. The minimum atomic E-state index is 0.0359. The van der Waals surface area contributed by atoms with Crippen LogP contribution in [-0.4, -0.2) is 17.0 Å². The van der Waals surface area contributed by atoms with Gasteiger partial charge in [0, 0.05) is 6.42 Å². The Hall–Kier alpha value is -0.370. The first-order chi connectivity index (χ1) is 5.66. The van der Waals surface area contributed by atoms with E-state index < -0.39 is 0 Å². The molecule has 0 aromatic carbocycles. The molecular formula is C10H20O2. The summed E-state index contributed by atoms with van der Waals surface area (Å²) in [5.41, 5.74) is 0. The fraction of sp³-hybridized carbons (Fsp3) is 0.900. The van der Waals surface area contributed by atoms with Crippen LogP contribution >= 0.6 is 0 Å². The predicted molar refractivity (Wildman–Crippen MR) is 50.1 cm³/mol.